The quantitative estimate of drug-likeness (QED) is 0.816. The van der Waals surface area contributed by atoms with Gasteiger partial charge >= 0.3 is 0 Å². The van der Waals surface area contributed by atoms with Crippen LogP contribution < -0.4 is 14.8 Å². The van der Waals surface area contributed by atoms with Crippen LogP contribution in [-0.2, 0) is 11.2 Å². The number of rotatable bonds is 6. The number of ether oxygens (including phenoxy) is 2. The Balaban J connectivity index is 1.42. The first kappa shape index (κ1) is 16.6. The topological polar surface area (TPSA) is 47.6 Å². The van der Waals surface area contributed by atoms with Gasteiger partial charge in [0, 0.05) is 11.4 Å². The standard InChI is InChI=1S/C18H18FNO3S/c19-14-3-1-2-13(10-14)6-7-20-18(21)12-24-15-4-5-16-17(11-15)23-9-8-22-16/h1-5,10-11H,6-9,12H2,(H,20,21). The number of benzene rings is 2. The zero-order chi connectivity index (χ0) is 16.8. The molecule has 24 heavy (non-hydrogen) atoms. The summed E-state index contributed by atoms with van der Waals surface area (Å²) in [6, 6.07) is 12.1. The molecule has 2 aromatic rings. The number of amides is 1. The van der Waals surface area contributed by atoms with Gasteiger partial charge in [-0.2, -0.15) is 0 Å². The van der Waals surface area contributed by atoms with Crippen LogP contribution in [0.2, 0.25) is 0 Å². The van der Waals surface area contributed by atoms with Crippen molar-refractivity contribution >= 4 is 17.7 Å². The summed E-state index contributed by atoms with van der Waals surface area (Å²) in [4.78, 5) is 12.9. The van der Waals surface area contributed by atoms with E-state index in [2.05, 4.69) is 5.32 Å². The molecule has 0 saturated heterocycles. The zero-order valence-electron chi connectivity index (χ0n) is 13.1. The number of carbonyl (C=O) groups excluding carboxylic acids is 1. The third kappa shape index (κ3) is 4.64. The summed E-state index contributed by atoms with van der Waals surface area (Å²) < 4.78 is 24.1. The third-order valence-corrected chi connectivity index (χ3v) is 4.50. The van der Waals surface area contributed by atoms with Crippen LogP contribution in [0.4, 0.5) is 4.39 Å². The van der Waals surface area contributed by atoms with Crippen molar-refractivity contribution in [3.8, 4) is 11.5 Å². The van der Waals surface area contributed by atoms with Crippen molar-refractivity contribution in [2.75, 3.05) is 25.5 Å². The third-order valence-electron chi connectivity index (χ3n) is 3.51. The molecule has 126 valence electrons. The van der Waals surface area contributed by atoms with E-state index in [4.69, 9.17) is 9.47 Å². The molecule has 0 aromatic heterocycles. The Hall–Kier alpha value is -2.21. The minimum atomic E-state index is -0.256. The number of hydrogen-bond acceptors (Lipinski definition) is 4. The van der Waals surface area contributed by atoms with E-state index < -0.39 is 0 Å². The van der Waals surface area contributed by atoms with Gasteiger partial charge in [-0.25, -0.2) is 4.39 Å². The molecule has 1 N–H and O–H groups in total. The maximum atomic E-state index is 13.1. The molecule has 6 heteroatoms. The Kier molecular flexibility index (Phi) is 5.59. The number of thioether (sulfide) groups is 1. The van der Waals surface area contributed by atoms with E-state index in [1.54, 1.807) is 6.07 Å². The molecule has 0 unspecified atom stereocenters. The highest BCUT2D eigenvalue weighted by molar-refractivity contribution is 8.00. The van der Waals surface area contributed by atoms with Crippen molar-refractivity contribution in [1.82, 2.24) is 5.32 Å². The number of carbonyl (C=O) groups is 1. The Morgan fingerprint density at radius 1 is 1.12 bits per heavy atom. The second kappa shape index (κ2) is 8.06. The maximum Gasteiger partial charge on any atom is 0.230 e. The van der Waals surface area contributed by atoms with Gasteiger partial charge in [-0.15, -0.1) is 11.8 Å². The molecule has 0 fully saturated rings. The fraction of sp³-hybridized carbons (Fsp3) is 0.278. The van der Waals surface area contributed by atoms with Gasteiger partial charge in [-0.05, 0) is 42.3 Å². The Morgan fingerprint density at radius 2 is 1.96 bits per heavy atom. The molecular weight excluding hydrogens is 329 g/mol. The number of hydrogen-bond donors (Lipinski definition) is 1. The number of nitrogens with one attached hydrogen (secondary N) is 1. The van der Waals surface area contributed by atoms with Crippen molar-refractivity contribution in [2.45, 2.75) is 11.3 Å². The zero-order valence-corrected chi connectivity index (χ0v) is 13.9. The second-order valence-electron chi connectivity index (χ2n) is 5.32. The van der Waals surface area contributed by atoms with Crippen LogP contribution >= 0.6 is 11.8 Å². The van der Waals surface area contributed by atoms with Gasteiger partial charge in [-0.3, -0.25) is 4.79 Å². The summed E-state index contributed by atoms with van der Waals surface area (Å²) in [6.45, 7) is 1.60. The van der Waals surface area contributed by atoms with E-state index in [1.165, 1.54) is 23.9 Å². The van der Waals surface area contributed by atoms with Gasteiger partial charge in [0.1, 0.15) is 19.0 Å². The molecule has 0 saturated carbocycles. The average Bonchev–Trinajstić information content (AvgIpc) is 2.60. The van der Waals surface area contributed by atoms with Crippen LogP contribution in [0.25, 0.3) is 0 Å². The lowest BCUT2D eigenvalue weighted by atomic mass is 10.1. The normalized spacial score (nSPS) is 12.7. The van der Waals surface area contributed by atoms with Crippen LogP contribution in [0.5, 0.6) is 11.5 Å². The molecule has 0 atom stereocenters. The van der Waals surface area contributed by atoms with Gasteiger partial charge in [-0.1, -0.05) is 12.1 Å². The molecule has 3 rings (SSSR count). The first-order chi connectivity index (χ1) is 11.7. The van der Waals surface area contributed by atoms with Crippen molar-refractivity contribution in [1.29, 1.82) is 0 Å². The minimum absolute atomic E-state index is 0.0497. The van der Waals surface area contributed by atoms with Gasteiger partial charge in [0.25, 0.3) is 0 Å². The highest BCUT2D eigenvalue weighted by Gasteiger charge is 2.12. The Labute approximate surface area is 144 Å². The van der Waals surface area contributed by atoms with Gasteiger partial charge in [0.15, 0.2) is 11.5 Å². The number of fused-ring (bicyclic) bond motifs is 1. The van der Waals surface area contributed by atoms with E-state index in [1.807, 2.05) is 24.3 Å². The predicted octanol–water partition coefficient (Wildman–Crippen LogP) is 3.05. The second-order valence-corrected chi connectivity index (χ2v) is 6.37. The molecule has 0 radical (unpaired) electrons. The summed E-state index contributed by atoms with van der Waals surface area (Å²) in [5.41, 5.74) is 0.870. The minimum Gasteiger partial charge on any atom is -0.486 e. The average molecular weight is 347 g/mol. The van der Waals surface area contributed by atoms with Crippen LogP contribution in [0.1, 0.15) is 5.56 Å². The predicted molar refractivity (Wildman–Crippen MR) is 91.3 cm³/mol. The lowest BCUT2D eigenvalue weighted by Gasteiger charge is -2.18. The molecule has 1 aliphatic rings. The molecule has 0 bridgehead atoms. The maximum absolute atomic E-state index is 13.1. The monoisotopic (exact) mass is 347 g/mol. The van der Waals surface area contributed by atoms with E-state index in [0.717, 1.165) is 22.0 Å². The SMILES string of the molecule is O=C(CSc1ccc2c(c1)OCCO2)NCCc1cccc(F)c1. The highest BCUT2D eigenvalue weighted by atomic mass is 32.2. The molecule has 2 aromatic carbocycles. The van der Waals surface area contributed by atoms with Gasteiger partial charge in [0.05, 0.1) is 5.75 Å². The molecule has 1 amide bonds. The molecular formula is C18H18FNO3S. The van der Waals surface area contributed by atoms with E-state index in [9.17, 15) is 9.18 Å². The Bertz CT molecular complexity index is 723. The largest absolute Gasteiger partial charge is 0.486 e. The van der Waals surface area contributed by atoms with E-state index in [-0.39, 0.29) is 11.7 Å². The highest BCUT2D eigenvalue weighted by Crippen LogP contribution is 2.34. The lowest BCUT2D eigenvalue weighted by molar-refractivity contribution is -0.118. The van der Waals surface area contributed by atoms with Crippen LogP contribution in [-0.4, -0.2) is 31.4 Å². The van der Waals surface area contributed by atoms with E-state index >= 15 is 0 Å². The van der Waals surface area contributed by atoms with Gasteiger partial charge in [0.2, 0.25) is 5.91 Å². The van der Waals surface area contributed by atoms with E-state index in [0.29, 0.717) is 31.9 Å². The molecule has 1 aliphatic heterocycles. The summed E-state index contributed by atoms with van der Waals surface area (Å²) in [5.74, 6) is 1.48. The Morgan fingerprint density at radius 3 is 2.79 bits per heavy atom. The van der Waals surface area contributed by atoms with Crippen molar-refractivity contribution in [3.05, 3.63) is 53.8 Å². The number of halogens is 1. The first-order valence-corrected chi connectivity index (χ1v) is 8.73. The van der Waals surface area contributed by atoms with Crippen LogP contribution in [0.15, 0.2) is 47.4 Å². The summed E-state index contributed by atoms with van der Waals surface area (Å²) in [5, 5.41) is 2.85. The summed E-state index contributed by atoms with van der Waals surface area (Å²) in [7, 11) is 0. The van der Waals surface area contributed by atoms with Crippen molar-refractivity contribution in [3.63, 3.8) is 0 Å². The van der Waals surface area contributed by atoms with Gasteiger partial charge < -0.3 is 14.8 Å². The summed E-state index contributed by atoms with van der Waals surface area (Å²) >= 11 is 1.44. The van der Waals surface area contributed by atoms with Crippen LogP contribution in [0, 0.1) is 5.82 Å². The first-order valence-electron chi connectivity index (χ1n) is 7.74. The van der Waals surface area contributed by atoms with Crippen LogP contribution in [0.3, 0.4) is 0 Å². The molecule has 4 nitrogen and oxygen atoms in total. The fourth-order valence-electron chi connectivity index (χ4n) is 2.35. The van der Waals surface area contributed by atoms with Crippen molar-refractivity contribution in [2.24, 2.45) is 0 Å². The lowest BCUT2D eigenvalue weighted by Crippen LogP contribution is -2.27. The molecule has 1 heterocycles. The fourth-order valence-corrected chi connectivity index (χ4v) is 3.11. The van der Waals surface area contributed by atoms with Crippen molar-refractivity contribution < 1.29 is 18.7 Å². The molecule has 0 spiro atoms. The smallest absolute Gasteiger partial charge is 0.230 e. The summed E-state index contributed by atoms with van der Waals surface area (Å²) in [6.07, 6.45) is 0.609. The molecule has 0 aliphatic carbocycles.